The third-order valence-electron chi connectivity index (χ3n) is 2.25. The summed E-state index contributed by atoms with van der Waals surface area (Å²) in [6.07, 6.45) is 0. The van der Waals surface area contributed by atoms with Crippen molar-refractivity contribution < 1.29 is 14.3 Å². The largest absolute Gasteiger partial charge is 0.496 e. The van der Waals surface area contributed by atoms with Crippen molar-refractivity contribution in [2.45, 2.75) is 6.61 Å². The Balaban J connectivity index is 3.13. The van der Waals surface area contributed by atoms with E-state index in [2.05, 4.69) is 5.32 Å². The number of ether oxygens (including phenoxy) is 2. The molecule has 1 aromatic rings. The van der Waals surface area contributed by atoms with Gasteiger partial charge in [-0.05, 0) is 18.7 Å². The topological polar surface area (TPSA) is 47.6 Å². The highest BCUT2D eigenvalue weighted by Crippen LogP contribution is 2.23. The molecule has 0 aliphatic carbocycles. The monoisotopic (exact) mass is 223 g/mol. The zero-order chi connectivity index (χ0) is 12.0. The van der Waals surface area contributed by atoms with E-state index in [-0.39, 0.29) is 12.3 Å². The molecule has 0 heterocycles. The van der Waals surface area contributed by atoms with Crippen molar-refractivity contribution in [1.29, 1.82) is 0 Å². The first-order chi connectivity index (χ1) is 7.74. The molecule has 0 aliphatic heterocycles. The molecule has 0 saturated carbocycles. The zero-order valence-electron chi connectivity index (χ0n) is 9.87. The van der Waals surface area contributed by atoms with E-state index in [0.717, 1.165) is 5.56 Å². The molecule has 1 aromatic carbocycles. The van der Waals surface area contributed by atoms with Crippen LogP contribution in [0.2, 0.25) is 0 Å². The molecule has 0 spiro atoms. The number of hydrogen-bond donors (Lipinski definition) is 1. The number of likely N-dealkylation sites (N-methyl/N-ethyl adjacent to an activating group) is 1. The first-order valence-electron chi connectivity index (χ1n) is 5.07. The van der Waals surface area contributed by atoms with Gasteiger partial charge in [0.25, 0.3) is 0 Å². The minimum absolute atomic E-state index is 0.00648. The first kappa shape index (κ1) is 12.7. The molecule has 88 valence electrons. The number of benzene rings is 1. The summed E-state index contributed by atoms with van der Waals surface area (Å²) in [5.41, 5.74) is 1.45. The lowest BCUT2D eigenvalue weighted by atomic mass is 10.0. The number of Topliss-reactive ketones (excluding diaryl/α,β-unsaturated/α-hetero) is 1. The van der Waals surface area contributed by atoms with Crippen LogP contribution in [0.15, 0.2) is 18.2 Å². The highest BCUT2D eigenvalue weighted by atomic mass is 16.5. The molecule has 0 atom stereocenters. The second-order valence-electron chi connectivity index (χ2n) is 3.38. The van der Waals surface area contributed by atoms with Crippen LogP contribution in [-0.2, 0) is 11.3 Å². The summed E-state index contributed by atoms with van der Waals surface area (Å²) in [5.74, 6) is 0.599. The van der Waals surface area contributed by atoms with Crippen LogP contribution in [0.5, 0.6) is 5.75 Å². The fourth-order valence-corrected chi connectivity index (χ4v) is 1.59. The Kier molecular flexibility index (Phi) is 4.95. The van der Waals surface area contributed by atoms with Crippen LogP contribution < -0.4 is 10.1 Å². The van der Waals surface area contributed by atoms with E-state index in [0.29, 0.717) is 17.9 Å². The van der Waals surface area contributed by atoms with Gasteiger partial charge < -0.3 is 14.8 Å². The molecule has 0 amide bonds. The summed E-state index contributed by atoms with van der Waals surface area (Å²) in [5, 5.41) is 2.84. The van der Waals surface area contributed by atoms with Gasteiger partial charge in [-0.15, -0.1) is 0 Å². The maximum Gasteiger partial charge on any atom is 0.180 e. The fourth-order valence-electron chi connectivity index (χ4n) is 1.59. The third-order valence-corrected chi connectivity index (χ3v) is 2.25. The van der Waals surface area contributed by atoms with Crippen LogP contribution in [0.4, 0.5) is 0 Å². The molecule has 4 heteroatoms. The van der Waals surface area contributed by atoms with Crippen molar-refractivity contribution in [2.24, 2.45) is 0 Å². The molecule has 0 saturated heterocycles. The van der Waals surface area contributed by atoms with E-state index in [9.17, 15) is 4.79 Å². The van der Waals surface area contributed by atoms with Crippen molar-refractivity contribution in [2.75, 3.05) is 27.8 Å². The lowest BCUT2D eigenvalue weighted by molar-refractivity contribution is 0.0985. The lowest BCUT2D eigenvalue weighted by Gasteiger charge is -2.12. The minimum Gasteiger partial charge on any atom is -0.496 e. The second kappa shape index (κ2) is 6.25. The minimum atomic E-state index is 0.00648. The Morgan fingerprint density at radius 2 is 2.12 bits per heavy atom. The number of methoxy groups -OCH3 is 2. The summed E-state index contributed by atoms with van der Waals surface area (Å²) < 4.78 is 10.3. The quantitative estimate of drug-likeness (QED) is 0.737. The second-order valence-corrected chi connectivity index (χ2v) is 3.38. The van der Waals surface area contributed by atoms with Crippen LogP contribution in [0.1, 0.15) is 15.9 Å². The van der Waals surface area contributed by atoms with Crippen LogP contribution in [0, 0.1) is 0 Å². The van der Waals surface area contributed by atoms with Crippen molar-refractivity contribution in [1.82, 2.24) is 5.32 Å². The van der Waals surface area contributed by atoms with Gasteiger partial charge >= 0.3 is 0 Å². The molecule has 0 unspecified atom stereocenters. The van der Waals surface area contributed by atoms with E-state index in [4.69, 9.17) is 9.47 Å². The van der Waals surface area contributed by atoms with Gasteiger partial charge in [-0.3, -0.25) is 4.79 Å². The smallest absolute Gasteiger partial charge is 0.180 e. The predicted molar refractivity (Wildman–Crippen MR) is 62.0 cm³/mol. The van der Waals surface area contributed by atoms with Gasteiger partial charge in [-0.2, -0.15) is 0 Å². The van der Waals surface area contributed by atoms with Crippen molar-refractivity contribution in [3.63, 3.8) is 0 Å². The number of nitrogens with one attached hydrogen (secondary N) is 1. The molecule has 0 aromatic heterocycles. The van der Waals surface area contributed by atoms with E-state index in [1.807, 2.05) is 12.1 Å². The number of ketones is 1. The molecule has 1 N–H and O–H groups in total. The van der Waals surface area contributed by atoms with Crippen molar-refractivity contribution in [3.05, 3.63) is 29.3 Å². The van der Waals surface area contributed by atoms with E-state index in [1.165, 1.54) is 0 Å². The van der Waals surface area contributed by atoms with E-state index < -0.39 is 0 Å². The molecular formula is C12H17NO3. The van der Waals surface area contributed by atoms with Gasteiger partial charge in [-0.25, -0.2) is 0 Å². The van der Waals surface area contributed by atoms with Gasteiger partial charge in [0.2, 0.25) is 0 Å². The van der Waals surface area contributed by atoms with E-state index >= 15 is 0 Å². The Labute approximate surface area is 95.6 Å². The Morgan fingerprint density at radius 1 is 1.38 bits per heavy atom. The summed E-state index contributed by atoms with van der Waals surface area (Å²) in [4.78, 5) is 11.9. The molecular weight excluding hydrogens is 206 g/mol. The summed E-state index contributed by atoms with van der Waals surface area (Å²) in [6, 6.07) is 5.50. The molecule has 0 fully saturated rings. The highest BCUT2D eigenvalue weighted by Gasteiger charge is 2.15. The first-order valence-corrected chi connectivity index (χ1v) is 5.07. The molecule has 0 radical (unpaired) electrons. The molecule has 0 bridgehead atoms. The van der Waals surface area contributed by atoms with Gasteiger partial charge in [0.1, 0.15) is 5.75 Å². The fraction of sp³-hybridized carbons (Fsp3) is 0.417. The summed E-state index contributed by atoms with van der Waals surface area (Å²) in [7, 11) is 4.90. The average molecular weight is 223 g/mol. The summed E-state index contributed by atoms with van der Waals surface area (Å²) >= 11 is 0. The Bertz CT molecular complexity index is 363. The number of rotatable bonds is 6. The van der Waals surface area contributed by atoms with Gasteiger partial charge in [0.05, 0.1) is 25.8 Å². The van der Waals surface area contributed by atoms with Crippen LogP contribution >= 0.6 is 0 Å². The van der Waals surface area contributed by atoms with E-state index in [1.54, 1.807) is 27.3 Å². The van der Waals surface area contributed by atoms with Gasteiger partial charge in [-0.1, -0.05) is 12.1 Å². The van der Waals surface area contributed by atoms with Crippen LogP contribution in [0.3, 0.4) is 0 Å². The maximum atomic E-state index is 11.9. The van der Waals surface area contributed by atoms with Gasteiger partial charge in [0, 0.05) is 7.11 Å². The normalized spacial score (nSPS) is 10.2. The summed E-state index contributed by atoms with van der Waals surface area (Å²) in [6.45, 7) is 0.694. The molecule has 0 aliphatic rings. The Hall–Kier alpha value is -1.39. The number of carbonyl (C=O) groups excluding carboxylic acids is 1. The maximum absolute atomic E-state index is 11.9. The Morgan fingerprint density at radius 3 is 2.69 bits per heavy atom. The average Bonchev–Trinajstić information content (AvgIpc) is 2.29. The SMILES string of the molecule is CNCC(=O)c1c(COC)cccc1OC. The van der Waals surface area contributed by atoms with Crippen molar-refractivity contribution >= 4 is 5.78 Å². The number of carbonyl (C=O) groups is 1. The zero-order valence-corrected chi connectivity index (χ0v) is 9.87. The molecule has 1 rings (SSSR count). The van der Waals surface area contributed by atoms with Crippen LogP contribution in [-0.4, -0.2) is 33.6 Å². The van der Waals surface area contributed by atoms with Crippen molar-refractivity contribution in [3.8, 4) is 5.75 Å². The van der Waals surface area contributed by atoms with Crippen LogP contribution in [0.25, 0.3) is 0 Å². The predicted octanol–water partition coefficient (Wildman–Crippen LogP) is 1.24. The highest BCUT2D eigenvalue weighted by molar-refractivity contribution is 6.01. The molecule has 16 heavy (non-hydrogen) atoms. The number of hydrogen-bond acceptors (Lipinski definition) is 4. The standard InChI is InChI=1S/C12H17NO3/c1-13-7-10(14)12-9(8-15-2)5-4-6-11(12)16-3/h4-6,13H,7-8H2,1-3H3. The third kappa shape index (κ3) is 2.81. The van der Waals surface area contributed by atoms with Gasteiger partial charge in [0.15, 0.2) is 5.78 Å². The molecule has 4 nitrogen and oxygen atoms in total. The lowest BCUT2D eigenvalue weighted by Crippen LogP contribution is -2.20.